The molecule has 0 atom stereocenters. The summed E-state index contributed by atoms with van der Waals surface area (Å²) in [5.74, 6) is -4.02. The van der Waals surface area contributed by atoms with Gasteiger partial charge in [-0.2, -0.15) is 0 Å². The molecule has 0 heterocycles. The van der Waals surface area contributed by atoms with E-state index in [1.807, 2.05) is 6.92 Å². The number of benzene rings is 2. The van der Waals surface area contributed by atoms with Crippen LogP contribution in [0.5, 0.6) is 0 Å². The van der Waals surface area contributed by atoms with Crippen molar-refractivity contribution in [3.63, 3.8) is 0 Å². The van der Waals surface area contributed by atoms with Crippen LogP contribution in [0.3, 0.4) is 0 Å². The molecule has 0 saturated heterocycles. The van der Waals surface area contributed by atoms with E-state index < -0.39 is 30.1 Å². The lowest BCUT2D eigenvalue weighted by molar-refractivity contribution is -0.119. The second-order valence-electron chi connectivity index (χ2n) is 4.83. The Labute approximate surface area is 149 Å². The van der Waals surface area contributed by atoms with Crippen LogP contribution < -0.4 is 5.32 Å². The number of anilines is 1. The van der Waals surface area contributed by atoms with Gasteiger partial charge in [-0.05, 0) is 42.8 Å². The number of nitrogens with one attached hydrogen (secondary N) is 1. The van der Waals surface area contributed by atoms with Crippen molar-refractivity contribution < 1.29 is 23.1 Å². The first-order valence-corrected chi connectivity index (χ1v) is 7.82. The third kappa shape index (κ3) is 4.52. The molecule has 0 spiro atoms. The fourth-order valence-corrected chi connectivity index (χ4v) is 2.28. The number of hydrogen-bond acceptors (Lipinski definition) is 3. The van der Waals surface area contributed by atoms with E-state index in [1.54, 1.807) is 18.2 Å². The molecule has 0 aromatic heterocycles. The van der Waals surface area contributed by atoms with Gasteiger partial charge in [0.25, 0.3) is 5.91 Å². The van der Waals surface area contributed by atoms with Crippen LogP contribution in [0.4, 0.5) is 14.5 Å². The van der Waals surface area contributed by atoms with Crippen molar-refractivity contribution in [2.45, 2.75) is 6.92 Å². The number of ether oxygens (including phenoxy) is 1. The standard InChI is InChI=1S/C16H11BrClF2NO3/c1-8-4-9(2-3-11(8)17)21-15(22)7-24-16(23)10-5-13(19)14(20)6-12(10)18/h2-6H,7H2,1H3,(H,21,22). The Hall–Kier alpha value is -1.99. The number of rotatable bonds is 4. The second kappa shape index (κ2) is 7.72. The molecule has 126 valence electrons. The van der Waals surface area contributed by atoms with Gasteiger partial charge in [-0.1, -0.05) is 27.5 Å². The van der Waals surface area contributed by atoms with Gasteiger partial charge in [0.2, 0.25) is 0 Å². The van der Waals surface area contributed by atoms with Gasteiger partial charge in [0.05, 0.1) is 10.6 Å². The van der Waals surface area contributed by atoms with Crippen LogP contribution in [0.25, 0.3) is 0 Å². The highest BCUT2D eigenvalue weighted by Crippen LogP contribution is 2.21. The average molecular weight is 419 g/mol. The molecule has 0 unspecified atom stereocenters. The smallest absolute Gasteiger partial charge is 0.340 e. The zero-order valence-electron chi connectivity index (χ0n) is 12.3. The van der Waals surface area contributed by atoms with Crippen molar-refractivity contribution in [3.05, 3.63) is 62.6 Å². The SMILES string of the molecule is Cc1cc(NC(=O)COC(=O)c2cc(F)c(F)cc2Cl)ccc1Br. The molecule has 2 rings (SSSR count). The third-order valence-corrected chi connectivity index (χ3v) is 4.21. The number of aryl methyl sites for hydroxylation is 1. The normalized spacial score (nSPS) is 10.4. The monoisotopic (exact) mass is 417 g/mol. The minimum atomic E-state index is -1.24. The number of amides is 1. The number of carbonyl (C=O) groups is 2. The van der Waals surface area contributed by atoms with E-state index in [2.05, 4.69) is 21.2 Å². The summed E-state index contributed by atoms with van der Waals surface area (Å²) in [6.45, 7) is 1.26. The number of halogens is 4. The van der Waals surface area contributed by atoms with Gasteiger partial charge in [0.15, 0.2) is 18.2 Å². The number of hydrogen-bond donors (Lipinski definition) is 1. The van der Waals surface area contributed by atoms with Gasteiger partial charge < -0.3 is 10.1 Å². The number of carbonyl (C=O) groups excluding carboxylic acids is 2. The van der Waals surface area contributed by atoms with Crippen molar-refractivity contribution in [2.75, 3.05) is 11.9 Å². The molecular weight excluding hydrogens is 408 g/mol. The van der Waals surface area contributed by atoms with E-state index in [9.17, 15) is 18.4 Å². The molecule has 0 aliphatic carbocycles. The summed E-state index contributed by atoms with van der Waals surface area (Å²) in [4.78, 5) is 23.6. The van der Waals surface area contributed by atoms with Crippen molar-refractivity contribution in [2.24, 2.45) is 0 Å². The fraction of sp³-hybridized carbons (Fsp3) is 0.125. The van der Waals surface area contributed by atoms with E-state index in [0.29, 0.717) is 17.8 Å². The van der Waals surface area contributed by atoms with Crippen LogP contribution in [-0.4, -0.2) is 18.5 Å². The molecule has 1 amide bonds. The Morgan fingerprint density at radius 3 is 2.54 bits per heavy atom. The molecule has 24 heavy (non-hydrogen) atoms. The fourth-order valence-electron chi connectivity index (χ4n) is 1.81. The van der Waals surface area contributed by atoms with Gasteiger partial charge in [0, 0.05) is 10.2 Å². The van der Waals surface area contributed by atoms with Crippen molar-refractivity contribution in [1.29, 1.82) is 0 Å². The lowest BCUT2D eigenvalue weighted by atomic mass is 10.2. The van der Waals surface area contributed by atoms with Crippen molar-refractivity contribution in [3.8, 4) is 0 Å². The largest absolute Gasteiger partial charge is 0.452 e. The molecule has 0 aliphatic heterocycles. The van der Waals surface area contributed by atoms with Crippen LogP contribution in [0.1, 0.15) is 15.9 Å². The maximum absolute atomic E-state index is 13.2. The second-order valence-corrected chi connectivity index (χ2v) is 6.10. The third-order valence-electron chi connectivity index (χ3n) is 3.01. The molecule has 0 radical (unpaired) electrons. The van der Waals surface area contributed by atoms with E-state index >= 15 is 0 Å². The predicted octanol–water partition coefficient (Wildman–Crippen LogP) is 4.48. The Balaban J connectivity index is 1.97. The maximum Gasteiger partial charge on any atom is 0.340 e. The summed E-state index contributed by atoms with van der Waals surface area (Å²) < 4.78 is 31.8. The Morgan fingerprint density at radius 1 is 1.21 bits per heavy atom. The first-order chi connectivity index (χ1) is 11.3. The zero-order chi connectivity index (χ0) is 17.9. The van der Waals surface area contributed by atoms with Crippen molar-refractivity contribution >= 4 is 45.1 Å². The van der Waals surface area contributed by atoms with Gasteiger partial charge in [-0.3, -0.25) is 4.79 Å². The van der Waals surface area contributed by atoms with E-state index in [1.165, 1.54) is 0 Å². The van der Waals surface area contributed by atoms with Gasteiger partial charge in [0.1, 0.15) is 0 Å². The lowest BCUT2D eigenvalue weighted by Gasteiger charge is -2.09. The quantitative estimate of drug-likeness (QED) is 0.588. The Kier molecular flexibility index (Phi) is 5.90. The topological polar surface area (TPSA) is 55.4 Å². The summed E-state index contributed by atoms with van der Waals surface area (Å²) in [7, 11) is 0. The maximum atomic E-state index is 13.2. The lowest BCUT2D eigenvalue weighted by Crippen LogP contribution is -2.21. The molecule has 0 bridgehead atoms. The first-order valence-electron chi connectivity index (χ1n) is 6.65. The summed E-state index contributed by atoms with van der Waals surface area (Å²) in [6.07, 6.45) is 0. The average Bonchev–Trinajstić information content (AvgIpc) is 2.52. The molecule has 0 aliphatic rings. The molecule has 2 aromatic carbocycles. The van der Waals surface area contributed by atoms with Crippen LogP contribution in [-0.2, 0) is 9.53 Å². The molecule has 2 aromatic rings. The summed E-state index contributed by atoms with van der Waals surface area (Å²) in [5.41, 5.74) is 1.09. The summed E-state index contributed by atoms with van der Waals surface area (Å²) >= 11 is 9.00. The van der Waals surface area contributed by atoms with E-state index in [4.69, 9.17) is 16.3 Å². The van der Waals surface area contributed by atoms with Gasteiger partial charge >= 0.3 is 5.97 Å². The highest BCUT2D eigenvalue weighted by Gasteiger charge is 2.17. The van der Waals surface area contributed by atoms with E-state index in [-0.39, 0.29) is 10.6 Å². The summed E-state index contributed by atoms with van der Waals surface area (Å²) in [5, 5.41) is 2.24. The Morgan fingerprint density at radius 2 is 1.88 bits per heavy atom. The van der Waals surface area contributed by atoms with Crippen molar-refractivity contribution in [1.82, 2.24) is 0 Å². The van der Waals surface area contributed by atoms with Gasteiger partial charge in [-0.15, -0.1) is 0 Å². The van der Waals surface area contributed by atoms with Crippen LogP contribution in [0, 0.1) is 18.6 Å². The van der Waals surface area contributed by atoms with Crippen LogP contribution >= 0.6 is 27.5 Å². The van der Waals surface area contributed by atoms with Crippen LogP contribution in [0.2, 0.25) is 5.02 Å². The minimum Gasteiger partial charge on any atom is -0.452 e. The molecule has 1 N–H and O–H groups in total. The van der Waals surface area contributed by atoms with Crippen LogP contribution in [0.15, 0.2) is 34.8 Å². The molecular formula is C16H11BrClF2NO3. The molecule has 0 saturated carbocycles. The van der Waals surface area contributed by atoms with E-state index in [0.717, 1.165) is 10.0 Å². The summed E-state index contributed by atoms with van der Waals surface area (Å²) in [6, 6.07) is 6.45. The molecule has 0 fully saturated rings. The highest BCUT2D eigenvalue weighted by atomic mass is 79.9. The molecule has 8 heteroatoms. The minimum absolute atomic E-state index is 0.303. The Bertz CT molecular complexity index is 814. The zero-order valence-corrected chi connectivity index (χ0v) is 14.7. The first kappa shape index (κ1) is 18.4. The van der Waals surface area contributed by atoms with Gasteiger partial charge in [-0.25, -0.2) is 13.6 Å². The number of esters is 1. The highest BCUT2D eigenvalue weighted by molar-refractivity contribution is 9.10. The molecule has 4 nitrogen and oxygen atoms in total. The predicted molar refractivity (Wildman–Crippen MR) is 89.2 cm³/mol.